The molecule has 1 heterocycles. The molecule has 1 rings (SSSR count). The normalized spacial score (nSPS) is 10.5. The standard InChI is InChI=1S/C11H16O3S/c1-9-10(4-8-15-9)11(12)3-5-14-7-6-13-2/h4,8H,3,5-7H2,1-2H3. The molecule has 84 valence electrons. The van der Waals surface area contributed by atoms with E-state index in [1.54, 1.807) is 18.4 Å². The second-order valence-electron chi connectivity index (χ2n) is 3.17. The van der Waals surface area contributed by atoms with E-state index in [1.807, 2.05) is 18.4 Å². The van der Waals surface area contributed by atoms with Gasteiger partial charge in [0.15, 0.2) is 5.78 Å². The smallest absolute Gasteiger partial charge is 0.166 e. The van der Waals surface area contributed by atoms with Gasteiger partial charge in [-0.3, -0.25) is 4.79 Å². The minimum Gasteiger partial charge on any atom is -0.382 e. The highest BCUT2D eigenvalue weighted by molar-refractivity contribution is 7.10. The lowest BCUT2D eigenvalue weighted by Gasteiger charge is -2.02. The highest BCUT2D eigenvalue weighted by Crippen LogP contribution is 2.16. The molecule has 3 nitrogen and oxygen atoms in total. The maximum Gasteiger partial charge on any atom is 0.166 e. The number of ketones is 1. The molecule has 0 N–H and O–H groups in total. The third-order valence-electron chi connectivity index (χ3n) is 2.06. The highest BCUT2D eigenvalue weighted by atomic mass is 32.1. The summed E-state index contributed by atoms with van der Waals surface area (Å²) in [5.41, 5.74) is 0.829. The predicted molar refractivity (Wildman–Crippen MR) is 60.7 cm³/mol. The van der Waals surface area contributed by atoms with E-state index in [0.29, 0.717) is 26.2 Å². The summed E-state index contributed by atoms with van der Waals surface area (Å²) in [7, 11) is 1.63. The summed E-state index contributed by atoms with van der Waals surface area (Å²) < 4.78 is 10.1. The third-order valence-corrected chi connectivity index (χ3v) is 2.91. The van der Waals surface area contributed by atoms with Crippen molar-refractivity contribution >= 4 is 17.1 Å². The molecule has 1 aromatic heterocycles. The van der Waals surface area contributed by atoms with E-state index in [4.69, 9.17) is 9.47 Å². The lowest BCUT2D eigenvalue weighted by atomic mass is 10.1. The van der Waals surface area contributed by atoms with Crippen molar-refractivity contribution in [2.45, 2.75) is 13.3 Å². The molecule has 0 aliphatic heterocycles. The molecule has 0 fully saturated rings. The predicted octanol–water partition coefficient (Wildman–Crippen LogP) is 2.29. The second-order valence-corrected chi connectivity index (χ2v) is 4.29. The van der Waals surface area contributed by atoms with Gasteiger partial charge in [0, 0.05) is 24.0 Å². The number of Topliss-reactive ketones (excluding diaryl/α,β-unsaturated/α-hetero) is 1. The quantitative estimate of drug-likeness (QED) is 0.530. The van der Waals surface area contributed by atoms with Crippen molar-refractivity contribution < 1.29 is 14.3 Å². The third kappa shape index (κ3) is 4.11. The Labute approximate surface area is 94.0 Å². The maximum atomic E-state index is 11.7. The summed E-state index contributed by atoms with van der Waals surface area (Å²) in [6, 6.07) is 1.87. The van der Waals surface area contributed by atoms with Crippen LogP contribution in [-0.2, 0) is 9.47 Å². The molecule has 0 spiro atoms. The van der Waals surface area contributed by atoms with E-state index >= 15 is 0 Å². The van der Waals surface area contributed by atoms with Crippen molar-refractivity contribution in [3.05, 3.63) is 21.9 Å². The van der Waals surface area contributed by atoms with E-state index in [1.165, 1.54) is 0 Å². The van der Waals surface area contributed by atoms with Gasteiger partial charge in [0.05, 0.1) is 19.8 Å². The van der Waals surface area contributed by atoms with Crippen molar-refractivity contribution in [1.82, 2.24) is 0 Å². The monoisotopic (exact) mass is 228 g/mol. The van der Waals surface area contributed by atoms with Gasteiger partial charge in [-0.15, -0.1) is 11.3 Å². The maximum absolute atomic E-state index is 11.7. The summed E-state index contributed by atoms with van der Waals surface area (Å²) in [6.45, 7) is 3.55. The van der Waals surface area contributed by atoms with Crippen LogP contribution in [-0.4, -0.2) is 32.7 Å². The Hall–Kier alpha value is -0.710. The molecule has 0 aliphatic carbocycles. The van der Waals surface area contributed by atoms with Crippen molar-refractivity contribution in [1.29, 1.82) is 0 Å². The average Bonchev–Trinajstić information content (AvgIpc) is 2.64. The zero-order valence-corrected chi connectivity index (χ0v) is 9.93. The summed E-state index contributed by atoms with van der Waals surface area (Å²) in [4.78, 5) is 12.7. The number of ether oxygens (including phenoxy) is 2. The number of hydrogen-bond donors (Lipinski definition) is 0. The van der Waals surface area contributed by atoms with E-state index < -0.39 is 0 Å². The number of carbonyl (C=O) groups is 1. The SMILES string of the molecule is COCCOCCC(=O)c1ccsc1C. The Kier molecular flexibility index (Phi) is 5.53. The fraction of sp³-hybridized carbons (Fsp3) is 0.545. The highest BCUT2D eigenvalue weighted by Gasteiger charge is 2.09. The van der Waals surface area contributed by atoms with Crippen LogP contribution in [0, 0.1) is 6.92 Å². The molecule has 1 aromatic rings. The van der Waals surface area contributed by atoms with Crippen LogP contribution in [0.25, 0.3) is 0 Å². The second kappa shape index (κ2) is 6.71. The minimum absolute atomic E-state index is 0.158. The van der Waals surface area contributed by atoms with Crippen molar-refractivity contribution in [3.63, 3.8) is 0 Å². The van der Waals surface area contributed by atoms with Gasteiger partial charge < -0.3 is 9.47 Å². The molecule has 0 atom stereocenters. The number of carbonyl (C=O) groups excluding carboxylic acids is 1. The first-order chi connectivity index (χ1) is 7.25. The zero-order valence-electron chi connectivity index (χ0n) is 9.12. The molecule has 0 saturated carbocycles. The number of rotatable bonds is 7. The van der Waals surface area contributed by atoms with Crippen LogP contribution < -0.4 is 0 Å². The number of aryl methyl sites for hydroxylation is 1. The molecule has 0 bridgehead atoms. The average molecular weight is 228 g/mol. The van der Waals surface area contributed by atoms with E-state index in [2.05, 4.69) is 0 Å². The number of thiophene rings is 1. The van der Waals surface area contributed by atoms with E-state index in [0.717, 1.165) is 10.4 Å². The molecule has 15 heavy (non-hydrogen) atoms. The largest absolute Gasteiger partial charge is 0.382 e. The molecular formula is C11H16O3S. The topological polar surface area (TPSA) is 35.5 Å². The van der Waals surface area contributed by atoms with Gasteiger partial charge in [-0.25, -0.2) is 0 Å². The van der Waals surface area contributed by atoms with Crippen molar-refractivity contribution in [2.75, 3.05) is 26.9 Å². The van der Waals surface area contributed by atoms with E-state index in [-0.39, 0.29) is 5.78 Å². The minimum atomic E-state index is 0.158. The first kappa shape index (κ1) is 12.4. The van der Waals surface area contributed by atoms with Gasteiger partial charge in [0.1, 0.15) is 0 Å². The lowest BCUT2D eigenvalue weighted by Crippen LogP contribution is -2.08. The van der Waals surface area contributed by atoms with Crippen LogP contribution in [0.5, 0.6) is 0 Å². The molecule has 0 saturated heterocycles. The Morgan fingerprint density at radius 3 is 2.80 bits per heavy atom. The first-order valence-corrected chi connectivity index (χ1v) is 5.77. The summed E-state index contributed by atoms with van der Waals surface area (Å²) in [5.74, 6) is 0.158. The zero-order chi connectivity index (χ0) is 11.1. The fourth-order valence-corrected chi connectivity index (χ4v) is 1.94. The van der Waals surface area contributed by atoms with Gasteiger partial charge >= 0.3 is 0 Å². The number of hydrogen-bond acceptors (Lipinski definition) is 4. The molecule has 4 heteroatoms. The van der Waals surface area contributed by atoms with Gasteiger partial charge in [0.2, 0.25) is 0 Å². The van der Waals surface area contributed by atoms with Crippen LogP contribution in [0.4, 0.5) is 0 Å². The molecular weight excluding hydrogens is 212 g/mol. The van der Waals surface area contributed by atoms with Crippen molar-refractivity contribution in [2.24, 2.45) is 0 Å². The Morgan fingerprint density at radius 2 is 2.20 bits per heavy atom. The van der Waals surface area contributed by atoms with Gasteiger partial charge in [-0.1, -0.05) is 0 Å². The lowest BCUT2D eigenvalue weighted by molar-refractivity contribution is 0.0641. The summed E-state index contributed by atoms with van der Waals surface area (Å²) >= 11 is 1.60. The Morgan fingerprint density at radius 1 is 1.40 bits per heavy atom. The van der Waals surface area contributed by atoms with Crippen molar-refractivity contribution in [3.8, 4) is 0 Å². The van der Waals surface area contributed by atoms with Gasteiger partial charge in [0.25, 0.3) is 0 Å². The Balaban J connectivity index is 2.22. The molecule has 0 radical (unpaired) electrons. The molecule has 0 unspecified atom stereocenters. The molecule has 0 aliphatic rings. The van der Waals surface area contributed by atoms with Crippen LogP contribution in [0.15, 0.2) is 11.4 Å². The first-order valence-electron chi connectivity index (χ1n) is 4.89. The van der Waals surface area contributed by atoms with Gasteiger partial charge in [-0.05, 0) is 18.4 Å². The van der Waals surface area contributed by atoms with Crippen LogP contribution in [0.1, 0.15) is 21.7 Å². The van der Waals surface area contributed by atoms with Gasteiger partial charge in [-0.2, -0.15) is 0 Å². The summed E-state index contributed by atoms with van der Waals surface area (Å²) in [5, 5.41) is 1.94. The summed E-state index contributed by atoms with van der Waals surface area (Å²) in [6.07, 6.45) is 0.446. The molecule has 0 aromatic carbocycles. The molecule has 0 amide bonds. The van der Waals surface area contributed by atoms with Crippen LogP contribution in [0.3, 0.4) is 0 Å². The van der Waals surface area contributed by atoms with Crippen LogP contribution >= 0.6 is 11.3 Å². The fourth-order valence-electron chi connectivity index (χ4n) is 1.22. The van der Waals surface area contributed by atoms with E-state index in [9.17, 15) is 4.79 Å². The van der Waals surface area contributed by atoms with Crippen LogP contribution in [0.2, 0.25) is 0 Å². The Bertz CT molecular complexity index is 307. The number of methoxy groups -OCH3 is 1.